The highest BCUT2D eigenvalue weighted by Crippen LogP contribution is 2.23. The summed E-state index contributed by atoms with van der Waals surface area (Å²) in [6.07, 6.45) is 0.956. The van der Waals surface area contributed by atoms with E-state index in [9.17, 15) is 0 Å². The zero-order valence-corrected chi connectivity index (χ0v) is 12.4. The van der Waals surface area contributed by atoms with Crippen molar-refractivity contribution in [3.8, 4) is 11.6 Å². The molecule has 0 unspecified atom stereocenters. The number of nitrogens with zero attached hydrogens (tertiary/aromatic N) is 2. The highest BCUT2D eigenvalue weighted by molar-refractivity contribution is 6.29. The topological polar surface area (TPSA) is 44.2 Å². The van der Waals surface area contributed by atoms with E-state index in [0.717, 1.165) is 12.2 Å². The lowest BCUT2D eigenvalue weighted by Crippen LogP contribution is -2.01. The molecule has 0 saturated heterocycles. The van der Waals surface area contributed by atoms with E-state index in [0.29, 0.717) is 30.1 Å². The molecule has 0 bridgehead atoms. The van der Waals surface area contributed by atoms with Gasteiger partial charge in [0.25, 0.3) is 0 Å². The summed E-state index contributed by atoms with van der Waals surface area (Å²) in [5.41, 5.74) is 1.21. The summed E-state index contributed by atoms with van der Waals surface area (Å²) in [4.78, 5) is 8.38. The number of hydrogen-bond acceptors (Lipinski definition) is 4. The van der Waals surface area contributed by atoms with Crippen LogP contribution in [0.4, 0.5) is 0 Å². The van der Waals surface area contributed by atoms with Gasteiger partial charge >= 0.3 is 0 Å². The van der Waals surface area contributed by atoms with E-state index < -0.39 is 0 Å². The van der Waals surface area contributed by atoms with Crippen LogP contribution in [-0.4, -0.2) is 16.6 Å². The van der Waals surface area contributed by atoms with Gasteiger partial charge < -0.3 is 9.47 Å². The third kappa shape index (κ3) is 4.18. The molecule has 20 heavy (non-hydrogen) atoms. The maximum atomic E-state index is 5.97. The van der Waals surface area contributed by atoms with Gasteiger partial charge in [-0.05, 0) is 31.0 Å². The van der Waals surface area contributed by atoms with Gasteiger partial charge in [-0.25, -0.2) is 4.98 Å². The Hall–Kier alpha value is -1.65. The summed E-state index contributed by atoms with van der Waals surface area (Å²) in [7, 11) is 0. The summed E-state index contributed by atoms with van der Waals surface area (Å²) in [5, 5.41) is 0.344. The average Bonchev–Trinajstić information content (AvgIpc) is 2.44. The van der Waals surface area contributed by atoms with Crippen molar-refractivity contribution in [3.63, 3.8) is 0 Å². The lowest BCUT2D eigenvalue weighted by Gasteiger charge is -2.08. The Bertz CT molecular complexity index is 576. The number of aromatic nitrogens is 2. The van der Waals surface area contributed by atoms with Crippen molar-refractivity contribution in [3.05, 3.63) is 46.9 Å². The minimum atomic E-state index is 0.322. The first-order chi connectivity index (χ1) is 9.71. The van der Waals surface area contributed by atoms with Crippen molar-refractivity contribution < 1.29 is 9.47 Å². The minimum Gasteiger partial charge on any atom is -0.439 e. The maximum Gasteiger partial charge on any atom is 0.224 e. The number of hydrogen-bond donors (Lipinski definition) is 0. The molecule has 2 aromatic rings. The van der Waals surface area contributed by atoms with E-state index in [-0.39, 0.29) is 0 Å². The molecule has 0 amide bonds. The van der Waals surface area contributed by atoms with Crippen LogP contribution in [-0.2, 0) is 17.8 Å². The van der Waals surface area contributed by atoms with E-state index in [4.69, 9.17) is 21.1 Å². The Morgan fingerprint density at radius 3 is 2.75 bits per heavy atom. The molecular formula is C15H17ClN2O2. The molecule has 0 spiro atoms. The zero-order chi connectivity index (χ0) is 14.4. The standard InChI is InChI=1S/C15H17ClN2O2/c1-3-11-6-5-7-12(8-11)20-15-9-13(16)17-14(18-15)10-19-4-2/h5-9H,3-4,10H2,1-2H3. The van der Waals surface area contributed by atoms with Crippen molar-refractivity contribution in [2.45, 2.75) is 26.9 Å². The minimum absolute atomic E-state index is 0.322. The fraction of sp³-hybridized carbons (Fsp3) is 0.333. The van der Waals surface area contributed by atoms with Gasteiger partial charge in [-0.1, -0.05) is 30.7 Å². The number of benzene rings is 1. The molecule has 0 fully saturated rings. The van der Waals surface area contributed by atoms with Gasteiger partial charge in [0.15, 0.2) is 5.82 Å². The van der Waals surface area contributed by atoms with Crippen molar-refractivity contribution in [1.29, 1.82) is 0 Å². The van der Waals surface area contributed by atoms with E-state index in [1.807, 2.05) is 25.1 Å². The second kappa shape index (κ2) is 7.22. The Morgan fingerprint density at radius 1 is 1.15 bits per heavy atom. The van der Waals surface area contributed by atoms with Gasteiger partial charge in [0, 0.05) is 12.7 Å². The van der Waals surface area contributed by atoms with E-state index >= 15 is 0 Å². The molecule has 106 valence electrons. The number of halogens is 1. The van der Waals surface area contributed by atoms with E-state index in [1.165, 1.54) is 5.56 Å². The van der Waals surface area contributed by atoms with Crippen LogP contribution < -0.4 is 4.74 Å². The molecular weight excluding hydrogens is 276 g/mol. The summed E-state index contributed by atoms with van der Waals surface area (Å²) in [6.45, 7) is 4.94. The second-order valence-electron chi connectivity index (χ2n) is 4.19. The highest BCUT2D eigenvalue weighted by Gasteiger charge is 2.06. The molecule has 0 aliphatic carbocycles. The monoisotopic (exact) mass is 292 g/mol. The maximum absolute atomic E-state index is 5.97. The smallest absolute Gasteiger partial charge is 0.224 e. The van der Waals surface area contributed by atoms with Crippen LogP contribution >= 0.6 is 11.6 Å². The lowest BCUT2D eigenvalue weighted by molar-refractivity contribution is 0.128. The third-order valence-electron chi connectivity index (χ3n) is 2.68. The van der Waals surface area contributed by atoms with Crippen molar-refractivity contribution in [2.75, 3.05) is 6.61 Å². The number of aryl methyl sites for hydroxylation is 1. The van der Waals surface area contributed by atoms with Crippen LogP contribution in [0.25, 0.3) is 0 Å². The molecule has 4 nitrogen and oxygen atoms in total. The van der Waals surface area contributed by atoms with Gasteiger partial charge in [-0.2, -0.15) is 4.98 Å². The van der Waals surface area contributed by atoms with E-state index in [2.05, 4.69) is 23.0 Å². The Morgan fingerprint density at radius 2 is 2.00 bits per heavy atom. The normalized spacial score (nSPS) is 10.6. The molecule has 5 heteroatoms. The van der Waals surface area contributed by atoms with Gasteiger partial charge in [0.1, 0.15) is 17.5 Å². The molecule has 0 saturated carbocycles. The van der Waals surface area contributed by atoms with Crippen molar-refractivity contribution in [1.82, 2.24) is 9.97 Å². The average molecular weight is 293 g/mol. The second-order valence-corrected chi connectivity index (χ2v) is 4.57. The number of ether oxygens (including phenoxy) is 2. The SMILES string of the molecule is CCOCc1nc(Cl)cc(Oc2cccc(CC)c2)n1. The van der Waals surface area contributed by atoms with Crippen LogP contribution in [0.5, 0.6) is 11.6 Å². The predicted molar refractivity (Wildman–Crippen MR) is 78.3 cm³/mol. The molecule has 1 heterocycles. The summed E-state index contributed by atoms with van der Waals surface area (Å²) < 4.78 is 11.0. The molecule has 0 aliphatic heterocycles. The first-order valence-electron chi connectivity index (χ1n) is 6.59. The third-order valence-corrected chi connectivity index (χ3v) is 2.88. The molecule has 2 rings (SSSR count). The fourth-order valence-corrected chi connectivity index (χ4v) is 1.89. The van der Waals surface area contributed by atoms with Crippen molar-refractivity contribution in [2.24, 2.45) is 0 Å². The first kappa shape index (κ1) is 14.8. The summed E-state index contributed by atoms with van der Waals surface area (Å²) in [6, 6.07) is 9.48. The quantitative estimate of drug-likeness (QED) is 0.754. The first-order valence-corrected chi connectivity index (χ1v) is 6.97. The largest absolute Gasteiger partial charge is 0.439 e. The fourth-order valence-electron chi connectivity index (χ4n) is 1.70. The van der Waals surface area contributed by atoms with E-state index in [1.54, 1.807) is 6.07 Å². The van der Waals surface area contributed by atoms with Crippen LogP contribution in [0.1, 0.15) is 25.2 Å². The Labute approximate surface area is 123 Å². The summed E-state index contributed by atoms with van der Waals surface area (Å²) in [5.74, 6) is 1.68. The van der Waals surface area contributed by atoms with Crippen LogP contribution in [0, 0.1) is 0 Å². The van der Waals surface area contributed by atoms with Crippen LogP contribution in [0.15, 0.2) is 30.3 Å². The molecule has 1 aromatic carbocycles. The Balaban J connectivity index is 2.17. The van der Waals surface area contributed by atoms with Crippen molar-refractivity contribution >= 4 is 11.6 Å². The molecule has 0 N–H and O–H groups in total. The van der Waals surface area contributed by atoms with Crippen LogP contribution in [0.3, 0.4) is 0 Å². The van der Waals surface area contributed by atoms with Gasteiger partial charge in [-0.3, -0.25) is 0 Å². The molecule has 0 radical (unpaired) electrons. The molecule has 0 atom stereocenters. The number of rotatable bonds is 6. The Kier molecular flexibility index (Phi) is 5.32. The zero-order valence-electron chi connectivity index (χ0n) is 11.6. The molecule has 1 aromatic heterocycles. The predicted octanol–water partition coefficient (Wildman–Crippen LogP) is 4.02. The van der Waals surface area contributed by atoms with Crippen LogP contribution in [0.2, 0.25) is 5.15 Å². The highest BCUT2D eigenvalue weighted by atomic mass is 35.5. The summed E-state index contributed by atoms with van der Waals surface area (Å²) >= 11 is 5.97. The van der Waals surface area contributed by atoms with Gasteiger partial charge in [-0.15, -0.1) is 0 Å². The molecule has 0 aliphatic rings. The van der Waals surface area contributed by atoms with Gasteiger partial charge in [0.05, 0.1) is 0 Å². The lowest BCUT2D eigenvalue weighted by atomic mass is 10.2. The van der Waals surface area contributed by atoms with Gasteiger partial charge in [0.2, 0.25) is 5.88 Å².